The van der Waals surface area contributed by atoms with Crippen molar-refractivity contribution >= 4 is 46.9 Å². The number of amides is 3. The first-order valence-electron chi connectivity index (χ1n) is 15.6. The number of hydrogen-bond donors (Lipinski definition) is 3. The van der Waals surface area contributed by atoms with Crippen molar-refractivity contribution in [3.63, 3.8) is 0 Å². The van der Waals surface area contributed by atoms with Crippen LogP contribution < -0.4 is 20.7 Å². The Morgan fingerprint density at radius 2 is 1.42 bits per heavy atom. The maximum Gasteiger partial charge on any atom is 0.272 e. The van der Waals surface area contributed by atoms with Crippen molar-refractivity contribution in [3.8, 4) is 5.75 Å². The van der Waals surface area contributed by atoms with Gasteiger partial charge in [-0.25, -0.2) is 0 Å². The van der Waals surface area contributed by atoms with Crippen molar-refractivity contribution in [2.75, 3.05) is 17.2 Å². The second-order valence-electron chi connectivity index (χ2n) is 11.0. The standard InChI is InChI=1S/C40H37N3O4S/c1-4-47-36-21-12-11-19-31(36)26-35(43-38(44)30-17-9-6-10-18-30)39(45)41-32-22-24-33(25-23-32)48-37(29-15-7-5-8-16-29)40(46)42-34-20-13-14-27(2)28(34)3/h5-26,37H,4H2,1-3H3,(H,41,45)(H,42,46)(H,43,44)/b35-26-. The molecule has 48 heavy (non-hydrogen) atoms. The average molecular weight is 656 g/mol. The highest BCUT2D eigenvalue weighted by molar-refractivity contribution is 8.00. The van der Waals surface area contributed by atoms with E-state index in [1.165, 1.54) is 11.8 Å². The Bertz CT molecular complexity index is 1910. The monoisotopic (exact) mass is 655 g/mol. The summed E-state index contributed by atoms with van der Waals surface area (Å²) in [6.45, 7) is 6.34. The molecule has 1 unspecified atom stereocenters. The van der Waals surface area contributed by atoms with Crippen LogP contribution in [-0.4, -0.2) is 24.3 Å². The molecular formula is C40H37N3O4S. The van der Waals surface area contributed by atoms with E-state index < -0.39 is 17.1 Å². The second-order valence-corrected chi connectivity index (χ2v) is 12.2. The van der Waals surface area contributed by atoms with Gasteiger partial charge in [-0.2, -0.15) is 0 Å². The number of nitrogens with one attached hydrogen (secondary N) is 3. The van der Waals surface area contributed by atoms with Crippen LogP contribution in [0.3, 0.4) is 0 Å². The van der Waals surface area contributed by atoms with Crippen molar-refractivity contribution in [1.82, 2.24) is 5.32 Å². The van der Waals surface area contributed by atoms with Crippen LogP contribution in [0.15, 0.2) is 138 Å². The lowest BCUT2D eigenvalue weighted by Gasteiger charge is -2.19. The molecule has 0 bridgehead atoms. The van der Waals surface area contributed by atoms with E-state index in [9.17, 15) is 14.4 Å². The maximum atomic E-state index is 13.6. The normalized spacial score (nSPS) is 11.7. The number of carbonyl (C=O) groups is 3. The molecule has 0 radical (unpaired) electrons. The Morgan fingerprint density at radius 3 is 2.12 bits per heavy atom. The summed E-state index contributed by atoms with van der Waals surface area (Å²) < 4.78 is 5.74. The predicted molar refractivity (Wildman–Crippen MR) is 194 cm³/mol. The molecule has 5 aromatic rings. The van der Waals surface area contributed by atoms with Crippen molar-refractivity contribution in [1.29, 1.82) is 0 Å². The van der Waals surface area contributed by atoms with Gasteiger partial charge in [0.05, 0.1) is 6.61 Å². The van der Waals surface area contributed by atoms with Gasteiger partial charge in [-0.05, 0) is 92.1 Å². The van der Waals surface area contributed by atoms with Crippen LogP contribution in [0.5, 0.6) is 5.75 Å². The van der Waals surface area contributed by atoms with E-state index in [0.717, 1.165) is 27.3 Å². The average Bonchev–Trinajstić information content (AvgIpc) is 3.11. The third-order valence-electron chi connectivity index (χ3n) is 7.62. The Labute approximate surface area is 285 Å². The SMILES string of the molecule is CCOc1ccccc1/C=C(\NC(=O)c1ccccc1)C(=O)Nc1ccc(SC(C(=O)Nc2cccc(C)c2C)c2ccccc2)cc1. The number of hydrogen-bond acceptors (Lipinski definition) is 5. The van der Waals surface area contributed by atoms with Gasteiger partial charge in [0.15, 0.2) is 0 Å². The lowest BCUT2D eigenvalue weighted by Crippen LogP contribution is -2.30. The molecule has 3 amide bonds. The van der Waals surface area contributed by atoms with E-state index in [0.29, 0.717) is 29.2 Å². The lowest BCUT2D eigenvalue weighted by atomic mass is 10.1. The summed E-state index contributed by atoms with van der Waals surface area (Å²) in [4.78, 5) is 41.2. The molecule has 0 fully saturated rings. The summed E-state index contributed by atoms with van der Waals surface area (Å²) in [5, 5.41) is 8.27. The van der Waals surface area contributed by atoms with Gasteiger partial charge in [-0.15, -0.1) is 11.8 Å². The zero-order valence-corrected chi connectivity index (χ0v) is 27.8. The van der Waals surface area contributed by atoms with Crippen LogP contribution in [0.25, 0.3) is 6.08 Å². The summed E-state index contributed by atoms with van der Waals surface area (Å²) in [6.07, 6.45) is 1.60. The third kappa shape index (κ3) is 8.80. The van der Waals surface area contributed by atoms with Gasteiger partial charge >= 0.3 is 0 Å². The maximum absolute atomic E-state index is 13.6. The van der Waals surface area contributed by atoms with Crippen molar-refractivity contribution in [2.45, 2.75) is 30.9 Å². The Kier molecular flexibility index (Phi) is 11.5. The first kappa shape index (κ1) is 33.8. The third-order valence-corrected chi connectivity index (χ3v) is 8.88. The van der Waals surface area contributed by atoms with Crippen LogP contribution in [0.2, 0.25) is 0 Å². The minimum atomic E-state index is -0.514. The van der Waals surface area contributed by atoms with Gasteiger partial charge in [0, 0.05) is 27.4 Å². The second kappa shape index (κ2) is 16.3. The minimum absolute atomic E-state index is 0.0571. The molecule has 7 nitrogen and oxygen atoms in total. The summed E-state index contributed by atoms with van der Waals surface area (Å²) >= 11 is 1.42. The summed E-state index contributed by atoms with van der Waals surface area (Å²) in [6, 6.07) is 38.8. The topological polar surface area (TPSA) is 96.5 Å². The Morgan fingerprint density at radius 1 is 0.750 bits per heavy atom. The highest BCUT2D eigenvalue weighted by atomic mass is 32.2. The molecule has 0 aliphatic rings. The molecule has 0 saturated carbocycles. The molecule has 3 N–H and O–H groups in total. The molecule has 1 atom stereocenters. The summed E-state index contributed by atoms with van der Waals surface area (Å²) in [5.74, 6) is -0.450. The fourth-order valence-electron chi connectivity index (χ4n) is 4.92. The largest absolute Gasteiger partial charge is 0.493 e. The van der Waals surface area contributed by atoms with E-state index in [4.69, 9.17) is 4.74 Å². The molecule has 0 heterocycles. The number of para-hydroxylation sites is 1. The number of aryl methyl sites for hydroxylation is 1. The molecule has 0 spiro atoms. The first-order valence-corrected chi connectivity index (χ1v) is 16.5. The van der Waals surface area contributed by atoms with Gasteiger partial charge in [0.25, 0.3) is 11.8 Å². The minimum Gasteiger partial charge on any atom is -0.493 e. The van der Waals surface area contributed by atoms with E-state index in [2.05, 4.69) is 16.0 Å². The zero-order chi connectivity index (χ0) is 33.9. The van der Waals surface area contributed by atoms with Crippen molar-refractivity contribution in [3.05, 3.63) is 161 Å². The molecule has 8 heteroatoms. The fourth-order valence-corrected chi connectivity index (χ4v) is 5.95. The van der Waals surface area contributed by atoms with E-state index in [-0.39, 0.29) is 11.6 Å². The highest BCUT2D eigenvalue weighted by Crippen LogP contribution is 2.37. The zero-order valence-electron chi connectivity index (χ0n) is 27.0. The van der Waals surface area contributed by atoms with Crippen molar-refractivity contribution in [2.24, 2.45) is 0 Å². The molecule has 0 aliphatic carbocycles. The van der Waals surface area contributed by atoms with Gasteiger partial charge in [0.2, 0.25) is 5.91 Å². The van der Waals surface area contributed by atoms with Gasteiger partial charge in [0.1, 0.15) is 16.7 Å². The number of benzene rings is 5. The molecule has 5 rings (SSSR count). The molecular weight excluding hydrogens is 619 g/mol. The smallest absolute Gasteiger partial charge is 0.272 e. The van der Waals surface area contributed by atoms with E-state index >= 15 is 0 Å². The quantitative estimate of drug-likeness (QED) is 0.0924. The summed E-state index contributed by atoms with van der Waals surface area (Å²) in [5.41, 5.74) is 5.44. The molecule has 0 saturated heterocycles. The number of anilines is 2. The Hall–Kier alpha value is -5.60. The highest BCUT2D eigenvalue weighted by Gasteiger charge is 2.23. The van der Waals surface area contributed by atoms with Crippen LogP contribution in [0.4, 0.5) is 11.4 Å². The number of carbonyl (C=O) groups excluding carboxylic acids is 3. The van der Waals surface area contributed by atoms with Gasteiger partial charge in [-0.3, -0.25) is 14.4 Å². The molecule has 242 valence electrons. The van der Waals surface area contributed by atoms with Crippen LogP contribution in [-0.2, 0) is 9.59 Å². The Balaban J connectivity index is 1.35. The summed E-state index contributed by atoms with van der Waals surface area (Å²) in [7, 11) is 0. The molecule has 5 aromatic carbocycles. The van der Waals surface area contributed by atoms with Gasteiger partial charge < -0.3 is 20.7 Å². The molecule has 0 aromatic heterocycles. The van der Waals surface area contributed by atoms with Crippen LogP contribution >= 0.6 is 11.8 Å². The number of rotatable bonds is 12. The van der Waals surface area contributed by atoms with Crippen molar-refractivity contribution < 1.29 is 19.1 Å². The predicted octanol–water partition coefficient (Wildman–Crippen LogP) is 8.58. The van der Waals surface area contributed by atoms with E-state index in [1.807, 2.05) is 112 Å². The first-order chi connectivity index (χ1) is 23.3. The van der Waals surface area contributed by atoms with E-state index in [1.54, 1.807) is 42.5 Å². The number of thioether (sulfide) groups is 1. The number of ether oxygens (including phenoxy) is 1. The van der Waals surface area contributed by atoms with Crippen LogP contribution in [0, 0.1) is 13.8 Å². The fraction of sp³-hybridized carbons (Fsp3) is 0.125. The molecule has 0 aliphatic heterocycles. The van der Waals surface area contributed by atoms with Gasteiger partial charge in [-0.1, -0.05) is 78.9 Å². The van der Waals surface area contributed by atoms with Crippen LogP contribution in [0.1, 0.15) is 44.8 Å². The lowest BCUT2D eigenvalue weighted by molar-refractivity contribution is -0.116.